The van der Waals surface area contributed by atoms with E-state index in [9.17, 15) is 30.0 Å². The molecule has 1 heterocycles. The zero-order chi connectivity index (χ0) is 31.0. The van der Waals surface area contributed by atoms with Crippen LogP contribution in [0, 0.1) is 0 Å². The molecule has 0 radical (unpaired) electrons. The summed E-state index contributed by atoms with van der Waals surface area (Å²) in [6.45, 7) is 2.39. The molecule has 42 heavy (non-hydrogen) atoms. The fraction of sp³-hybridized carbons (Fsp3) is 0.938. The minimum atomic E-state index is -1.58. The molecule has 10 nitrogen and oxygen atoms in total. The molecular weight excluding hydrogens is 544 g/mol. The van der Waals surface area contributed by atoms with E-state index in [2.05, 4.69) is 6.92 Å². The summed E-state index contributed by atoms with van der Waals surface area (Å²) in [6.07, 6.45) is 14.9. The zero-order valence-corrected chi connectivity index (χ0v) is 26.3. The number of carbonyl (C=O) groups is 2. The van der Waals surface area contributed by atoms with Crippen LogP contribution in [0.15, 0.2) is 0 Å². The summed E-state index contributed by atoms with van der Waals surface area (Å²) in [5.74, 6) is -0.992. The molecule has 0 aromatic rings. The first-order valence-electron chi connectivity index (χ1n) is 16.5. The molecule has 6 atom stereocenters. The quantitative estimate of drug-likeness (QED) is 0.0807. The number of aliphatic hydroxyl groups is 4. The normalized spacial score (nSPS) is 23.0. The molecule has 4 N–H and O–H groups in total. The van der Waals surface area contributed by atoms with Gasteiger partial charge in [-0.1, -0.05) is 116 Å². The number of hydrogen-bond donors (Lipinski definition) is 4. The van der Waals surface area contributed by atoms with Gasteiger partial charge in [0.15, 0.2) is 12.4 Å². The van der Waals surface area contributed by atoms with Gasteiger partial charge in [0.2, 0.25) is 0 Å². The number of hydrogen-bond acceptors (Lipinski definition) is 10. The van der Waals surface area contributed by atoms with E-state index < -0.39 is 55.4 Å². The van der Waals surface area contributed by atoms with Crippen molar-refractivity contribution in [2.45, 2.75) is 173 Å². The number of aliphatic hydroxyl groups excluding tert-OH is 4. The van der Waals surface area contributed by atoms with E-state index in [4.69, 9.17) is 18.9 Å². The van der Waals surface area contributed by atoms with Crippen LogP contribution >= 0.6 is 0 Å². The second kappa shape index (κ2) is 25.1. The molecule has 248 valence electrons. The maximum absolute atomic E-state index is 12.4. The van der Waals surface area contributed by atoms with E-state index in [1.54, 1.807) is 0 Å². The Balaban J connectivity index is 2.11. The van der Waals surface area contributed by atoms with Crippen molar-refractivity contribution >= 4 is 11.9 Å². The van der Waals surface area contributed by atoms with Crippen molar-refractivity contribution in [1.82, 2.24) is 0 Å². The highest BCUT2D eigenvalue weighted by Gasteiger charge is 2.44. The Morgan fingerprint density at radius 3 is 1.62 bits per heavy atom. The van der Waals surface area contributed by atoms with Gasteiger partial charge in [-0.3, -0.25) is 9.59 Å². The molecule has 6 unspecified atom stereocenters. The first-order valence-corrected chi connectivity index (χ1v) is 16.5. The lowest BCUT2D eigenvalue weighted by Gasteiger charge is -2.39. The fourth-order valence-electron chi connectivity index (χ4n) is 5.15. The second-order valence-electron chi connectivity index (χ2n) is 11.7. The molecule has 0 spiro atoms. The van der Waals surface area contributed by atoms with Gasteiger partial charge in [-0.25, -0.2) is 0 Å². The zero-order valence-electron chi connectivity index (χ0n) is 26.3. The average Bonchev–Trinajstić information content (AvgIpc) is 2.97. The van der Waals surface area contributed by atoms with Crippen molar-refractivity contribution in [3.8, 4) is 0 Å². The lowest BCUT2D eigenvalue weighted by atomic mass is 9.99. The predicted octanol–water partition coefficient (Wildman–Crippen LogP) is 4.71. The number of unbranched alkanes of at least 4 members (excludes halogenated alkanes) is 17. The van der Waals surface area contributed by atoms with Gasteiger partial charge in [0, 0.05) is 13.3 Å². The monoisotopic (exact) mass is 604 g/mol. The molecule has 0 saturated carbocycles. The van der Waals surface area contributed by atoms with E-state index in [1.165, 1.54) is 96.8 Å². The van der Waals surface area contributed by atoms with Gasteiger partial charge in [-0.05, 0) is 6.42 Å². The van der Waals surface area contributed by atoms with Crippen molar-refractivity contribution in [3.63, 3.8) is 0 Å². The van der Waals surface area contributed by atoms with Gasteiger partial charge >= 0.3 is 11.9 Å². The van der Waals surface area contributed by atoms with Crippen LogP contribution in [0.3, 0.4) is 0 Å². The molecule has 1 rings (SSSR count). The van der Waals surface area contributed by atoms with Gasteiger partial charge < -0.3 is 39.4 Å². The Labute approximate surface area is 253 Å². The molecular formula is C32H60O10. The Hall–Kier alpha value is -1.30. The summed E-state index contributed by atoms with van der Waals surface area (Å²) < 4.78 is 21.1. The first-order chi connectivity index (χ1) is 20.3. The third kappa shape index (κ3) is 18.4. The second-order valence-corrected chi connectivity index (χ2v) is 11.7. The van der Waals surface area contributed by atoms with E-state index in [0.29, 0.717) is 6.42 Å². The predicted molar refractivity (Wildman–Crippen MR) is 160 cm³/mol. The summed E-state index contributed by atoms with van der Waals surface area (Å²) in [5, 5.41) is 39.2. The molecule has 1 aliphatic heterocycles. The Kier molecular flexibility index (Phi) is 23.1. The number of esters is 2. The van der Waals surface area contributed by atoms with E-state index in [-0.39, 0.29) is 19.6 Å². The van der Waals surface area contributed by atoms with Crippen LogP contribution in [-0.4, -0.2) is 89.0 Å². The topological polar surface area (TPSA) is 152 Å². The molecule has 0 bridgehead atoms. The van der Waals surface area contributed by atoms with Crippen LogP contribution in [0.2, 0.25) is 0 Å². The standard InChI is InChI=1S/C32H60O10/c1-3-4-5-6-7-8-9-10-11-12-13-14-15-16-17-18-19-20-21-28(35)41-26(23-39-25(2)34)24-40-32-31(38)30(37)29(36)27(22-33)42-32/h26-27,29-33,36-38H,3-24H2,1-2H3. The van der Waals surface area contributed by atoms with E-state index in [1.807, 2.05) is 0 Å². The van der Waals surface area contributed by atoms with Crippen LogP contribution in [0.1, 0.15) is 136 Å². The number of rotatable bonds is 26. The van der Waals surface area contributed by atoms with Gasteiger partial charge in [0.25, 0.3) is 0 Å². The van der Waals surface area contributed by atoms with E-state index in [0.717, 1.165) is 19.3 Å². The highest BCUT2D eigenvalue weighted by Crippen LogP contribution is 2.22. The lowest BCUT2D eigenvalue weighted by molar-refractivity contribution is -0.305. The molecule has 10 heteroatoms. The van der Waals surface area contributed by atoms with Crippen LogP contribution in [-0.2, 0) is 28.5 Å². The maximum Gasteiger partial charge on any atom is 0.306 e. The molecule has 1 fully saturated rings. The first kappa shape index (κ1) is 38.7. The maximum atomic E-state index is 12.4. The summed E-state index contributed by atoms with van der Waals surface area (Å²) in [6, 6.07) is 0. The third-order valence-corrected chi connectivity index (χ3v) is 7.80. The summed E-state index contributed by atoms with van der Waals surface area (Å²) in [4.78, 5) is 23.6. The summed E-state index contributed by atoms with van der Waals surface area (Å²) >= 11 is 0. The molecule has 1 aliphatic rings. The Morgan fingerprint density at radius 1 is 0.690 bits per heavy atom. The van der Waals surface area contributed by atoms with Crippen molar-refractivity contribution < 1.29 is 49.0 Å². The van der Waals surface area contributed by atoms with Crippen LogP contribution in [0.5, 0.6) is 0 Å². The highest BCUT2D eigenvalue weighted by atomic mass is 16.7. The van der Waals surface area contributed by atoms with Crippen molar-refractivity contribution in [1.29, 1.82) is 0 Å². The Morgan fingerprint density at radius 2 is 1.17 bits per heavy atom. The SMILES string of the molecule is CCCCCCCCCCCCCCCCCCCCC(=O)OC(COC(C)=O)COC1OC(CO)C(O)C(O)C1O. The van der Waals surface area contributed by atoms with Crippen molar-refractivity contribution in [2.75, 3.05) is 19.8 Å². The van der Waals surface area contributed by atoms with Crippen molar-refractivity contribution in [3.05, 3.63) is 0 Å². The van der Waals surface area contributed by atoms with Crippen LogP contribution < -0.4 is 0 Å². The number of carbonyl (C=O) groups excluding carboxylic acids is 2. The minimum absolute atomic E-state index is 0.232. The highest BCUT2D eigenvalue weighted by molar-refractivity contribution is 5.69. The number of ether oxygens (including phenoxy) is 4. The van der Waals surface area contributed by atoms with Crippen LogP contribution in [0.25, 0.3) is 0 Å². The minimum Gasteiger partial charge on any atom is -0.462 e. The molecule has 0 aromatic heterocycles. The summed E-state index contributed by atoms with van der Waals surface area (Å²) in [7, 11) is 0. The third-order valence-electron chi connectivity index (χ3n) is 7.80. The largest absolute Gasteiger partial charge is 0.462 e. The van der Waals surface area contributed by atoms with Gasteiger partial charge in [-0.2, -0.15) is 0 Å². The smallest absolute Gasteiger partial charge is 0.306 e. The average molecular weight is 605 g/mol. The molecule has 1 saturated heterocycles. The van der Waals surface area contributed by atoms with Crippen LogP contribution in [0.4, 0.5) is 0 Å². The lowest BCUT2D eigenvalue weighted by Crippen LogP contribution is -2.59. The molecule has 0 aromatic carbocycles. The van der Waals surface area contributed by atoms with Gasteiger partial charge in [0.05, 0.1) is 13.2 Å². The summed E-state index contributed by atoms with van der Waals surface area (Å²) in [5.41, 5.74) is 0. The Bertz CT molecular complexity index is 674. The van der Waals surface area contributed by atoms with Gasteiger partial charge in [-0.15, -0.1) is 0 Å². The molecule has 0 amide bonds. The fourth-order valence-corrected chi connectivity index (χ4v) is 5.15. The van der Waals surface area contributed by atoms with Gasteiger partial charge in [0.1, 0.15) is 31.0 Å². The molecule has 0 aliphatic carbocycles. The van der Waals surface area contributed by atoms with E-state index >= 15 is 0 Å². The van der Waals surface area contributed by atoms with Crippen molar-refractivity contribution in [2.24, 2.45) is 0 Å².